The molecule has 5 heteroatoms. The van der Waals surface area contributed by atoms with Crippen LogP contribution < -0.4 is 10.9 Å². The molecule has 0 unspecified atom stereocenters. The molecule has 5 nitrogen and oxygen atoms in total. The Hall–Kier alpha value is -3.08. The molecule has 0 aliphatic carbocycles. The van der Waals surface area contributed by atoms with E-state index in [0.29, 0.717) is 6.54 Å². The van der Waals surface area contributed by atoms with Gasteiger partial charge in [0.25, 0.3) is 0 Å². The predicted octanol–water partition coefficient (Wildman–Crippen LogP) is 3.50. The van der Waals surface area contributed by atoms with Crippen LogP contribution in [0.2, 0.25) is 0 Å². The fourth-order valence-corrected chi connectivity index (χ4v) is 2.66. The second kappa shape index (κ2) is 6.58. The second-order valence-electron chi connectivity index (χ2n) is 5.81. The Morgan fingerprint density at radius 2 is 1.83 bits per heavy atom. The van der Waals surface area contributed by atoms with Gasteiger partial charge in [0.15, 0.2) is 0 Å². The van der Waals surface area contributed by atoms with E-state index in [-0.39, 0.29) is 11.6 Å². The number of nitrogens with one attached hydrogen (secondary N) is 2. The van der Waals surface area contributed by atoms with E-state index in [1.54, 1.807) is 18.0 Å². The van der Waals surface area contributed by atoms with Gasteiger partial charge in [0.05, 0.1) is 0 Å². The Morgan fingerprint density at radius 1 is 1.12 bits per heavy atom. The number of carbonyl (C=O) groups excluding carboxylic acids is 1. The van der Waals surface area contributed by atoms with E-state index in [0.717, 1.165) is 27.7 Å². The highest BCUT2D eigenvalue weighted by Crippen LogP contribution is 2.17. The molecule has 0 aliphatic heterocycles. The number of aromatic amines is 1. The van der Waals surface area contributed by atoms with Crippen molar-refractivity contribution in [1.29, 1.82) is 0 Å². The first-order valence-electron chi connectivity index (χ1n) is 7.73. The van der Waals surface area contributed by atoms with Crippen molar-refractivity contribution in [3.8, 4) is 0 Å². The minimum atomic E-state index is -0.214. The average molecular weight is 321 g/mol. The normalized spacial score (nSPS) is 10.6. The van der Waals surface area contributed by atoms with Crippen LogP contribution in [-0.2, 0) is 6.54 Å². The summed E-state index contributed by atoms with van der Waals surface area (Å²) in [6.07, 6.45) is 0. The van der Waals surface area contributed by atoms with Crippen LogP contribution in [0.5, 0.6) is 0 Å². The van der Waals surface area contributed by atoms with E-state index in [1.807, 2.05) is 55.5 Å². The molecule has 122 valence electrons. The van der Waals surface area contributed by atoms with Crippen molar-refractivity contribution in [2.24, 2.45) is 0 Å². The summed E-state index contributed by atoms with van der Waals surface area (Å²) in [7, 11) is 1.71. The number of hydrogen-bond donors (Lipinski definition) is 2. The number of rotatable bonds is 3. The van der Waals surface area contributed by atoms with Crippen LogP contribution in [0.1, 0.15) is 11.1 Å². The molecule has 0 saturated carbocycles. The third kappa shape index (κ3) is 3.30. The number of urea groups is 1. The number of benzene rings is 2. The molecule has 0 atom stereocenters. The Labute approximate surface area is 139 Å². The number of aryl methyl sites for hydroxylation is 1. The van der Waals surface area contributed by atoms with Gasteiger partial charge in [-0.2, -0.15) is 0 Å². The molecular weight excluding hydrogens is 302 g/mol. The highest BCUT2D eigenvalue weighted by atomic mass is 16.2. The monoisotopic (exact) mass is 321 g/mol. The number of amides is 2. The molecule has 3 aromatic rings. The summed E-state index contributed by atoms with van der Waals surface area (Å²) in [5, 5.41) is 3.83. The maximum absolute atomic E-state index is 12.4. The van der Waals surface area contributed by atoms with Crippen LogP contribution in [0.4, 0.5) is 10.5 Å². The maximum Gasteiger partial charge on any atom is 0.321 e. The number of H-pyrrole nitrogens is 1. The van der Waals surface area contributed by atoms with E-state index in [2.05, 4.69) is 10.3 Å². The molecule has 0 fully saturated rings. The number of anilines is 1. The summed E-state index contributed by atoms with van der Waals surface area (Å²) in [5.41, 5.74) is 3.20. The first-order chi connectivity index (χ1) is 11.5. The molecule has 2 amide bonds. The zero-order valence-corrected chi connectivity index (χ0v) is 13.7. The van der Waals surface area contributed by atoms with Gasteiger partial charge >= 0.3 is 6.03 Å². The van der Waals surface area contributed by atoms with Crippen molar-refractivity contribution < 1.29 is 4.79 Å². The number of fused-ring (bicyclic) bond motifs is 1. The lowest BCUT2D eigenvalue weighted by atomic mass is 10.1. The van der Waals surface area contributed by atoms with Crippen molar-refractivity contribution in [3.63, 3.8) is 0 Å². The van der Waals surface area contributed by atoms with Gasteiger partial charge in [-0.25, -0.2) is 4.79 Å². The van der Waals surface area contributed by atoms with E-state index in [1.165, 1.54) is 0 Å². The van der Waals surface area contributed by atoms with Crippen LogP contribution in [0.15, 0.2) is 59.4 Å². The number of para-hydroxylation sites is 2. The Balaban J connectivity index is 1.82. The lowest BCUT2D eigenvalue weighted by Gasteiger charge is -2.19. The third-order valence-electron chi connectivity index (χ3n) is 3.98. The highest BCUT2D eigenvalue weighted by molar-refractivity contribution is 5.90. The fraction of sp³-hybridized carbons (Fsp3) is 0.158. The van der Waals surface area contributed by atoms with Gasteiger partial charge in [-0.15, -0.1) is 0 Å². The van der Waals surface area contributed by atoms with E-state index in [9.17, 15) is 9.59 Å². The maximum atomic E-state index is 12.4. The Kier molecular flexibility index (Phi) is 4.33. The molecule has 24 heavy (non-hydrogen) atoms. The average Bonchev–Trinajstić information content (AvgIpc) is 2.56. The molecular formula is C19H19N3O2. The van der Waals surface area contributed by atoms with Gasteiger partial charge < -0.3 is 15.2 Å². The Morgan fingerprint density at radius 3 is 2.62 bits per heavy atom. The summed E-state index contributed by atoms with van der Waals surface area (Å²) >= 11 is 0. The summed E-state index contributed by atoms with van der Waals surface area (Å²) < 4.78 is 0. The predicted molar refractivity (Wildman–Crippen MR) is 96.2 cm³/mol. The highest BCUT2D eigenvalue weighted by Gasteiger charge is 2.12. The number of carbonyl (C=O) groups is 1. The molecule has 0 aliphatic rings. The molecule has 0 bridgehead atoms. The number of nitrogens with zero attached hydrogens (tertiary/aromatic N) is 1. The number of pyridine rings is 1. The molecule has 0 spiro atoms. The van der Waals surface area contributed by atoms with Crippen LogP contribution in [0.3, 0.4) is 0 Å². The quantitative estimate of drug-likeness (QED) is 0.775. The summed E-state index contributed by atoms with van der Waals surface area (Å²) in [6.45, 7) is 2.29. The minimum absolute atomic E-state index is 0.170. The van der Waals surface area contributed by atoms with Gasteiger partial charge in [-0.3, -0.25) is 4.79 Å². The van der Waals surface area contributed by atoms with E-state index in [4.69, 9.17) is 0 Å². The lowest BCUT2D eigenvalue weighted by Crippen LogP contribution is -2.31. The molecule has 0 saturated heterocycles. The third-order valence-corrected chi connectivity index (χ3v) is 3.98. The standard InChI is InChI=1S/C19H19N3O2/c1-13-7-3-5-9-16(13)21-19(24)22(2)12-14-11-18(23)20-17-10-6-4-8-15(14)17/h3-11H,12H2,1-2H3,(H,20,23)(H,21,24). The molecule has 2 N–H and O–H groups in total. The number of aromatic nitrogens is 1. The summed E-state index contributed by atoms with van der Waals surface area (Å²) in [5.74, 6) is 0. The minimum Gasteiger partial charge on any atom is -0.323 e. The molecule has 0 radical (unpaired) electrons. The lowest BCUT2D eigenvalue weighted by molar-refractivity contribution is 0.221. The zero-order chi connectivity index (χ0) is 17.1. The van der Waals surface area contributed by atoms with Crippen molar-refractivity contribution in [2.45, 2.75) is 13.5 Å². The van der Waals surface area contributed by atoms with E-state index < -0.39 is 0 Å². The fourth-order valence-electron chi connectivity index (χ4n) is 2.66. The second-order valence-corrected chi connectivity index (χ2v) is 5.81. The first kappa shape index (κ1) is 15.8. The van der Waals surface area contributed by atoms with Crippen molar-refractivity contribution in [3.05, 3.63) is 76.1 Å². The number of hydrogen-bond acceptors (Lipinski definition) is 2. The van der Waals surface area contributed by atoms with Crippen LogP contribution in [0.25, 0.3) is 10.9 Å². The molecule has 1 heterocycles. The van der Waals surface area contributed by atoms with Crippen molar-refractivity contribution >= 4 is 22.6 Å². The largest absolute Gasteiger partial charge is 0.323 e. The smallest absolute Gasteiger partial charge is 0.321 e. The van der Waals surface area contributed by atoms with E-state index >= 15 is 0 Å². The zero-order valence-electron chi connectivity index (χ0n) is 13.7. The van der Waals surface area contributed by atoms with Crippen molar-refractivity contribution in [1.82, 2.24) is 9.88 Å². The molecule has 3 rings (SSSR count). The SMILES string of the molecule is Cc1ccccc1NC(=O)N(C)Cc1cc(=O)[nH]c2ccccc12. The van der Waals surface area contributed by atoms with Gasteiger partial charge in [-0.05, 0) is 30.2 Å². The van der Waals surface area contributed by atoms with Crippen LogP contribution in [-0.4, -0.2) is 23.0 Å². The molecule has 1 aromatic heterocycles. The topological polar surface area (TPSA) is 65.2 Å². The first-order valence-corrected chi connectivity index (χ1v) is 7.73. The van der Waals surface area contributed by atoms with Gasteiger partial charge in [0.1, 0.15) is 0 Å². The molecule has 2 aromatic carbocycles. The summed E-state index contributed by atoms with van der Waals surface area (Å²) in [6, 6.07) is 16.5. The summed E-state index contributed by atoms with van der Waals surface area (Å²) in [4.78, 5) is 28.6. The Bertz CT molecular complexity index is 946. The van der Waals surface area contributed by atoms with Crippen LogP contribution in [0, 0.1) is 6.92 Å². The van der Waals surface area contributed by atoms with Gasteiger partial charge in [-0.1, -0.05) is 36.4 Å². The van der Waals surface area contributed by atoms with Gasteiger partial charge in [0, 0.05) is 36.2 Å². The van der Waals surface area contributed by atoms with Crippen molar-refractivity contribution in [2.75, 3.05) is 12.4 Å². The van der Waals surface area contributed by atoms with Gasteiger partial charge in [0.2, 0.25) is 5.56 Å². The van der Waals surface area contributed by atoms with Crippen LogP contribution >= 0.6 is 0 Å².